The predicted octanol–water partition coefficient (Wildman–Crippen LogP) is 2.90. The molecule has 0 aliphatic heterocycles. The number of rotatable bonds is 9. The predicted molar refractivity (Wildman–Crippen MR) is 123 cm³/mol. The Hall–Kier alpha value is -3.11. The Morgan fingerprint density at radius 2 is 1.88 bits per heavy atom. The number of hydrogen-bond acceptors (Lipinski definition) is 6. The van der Waals surface area contributed by atoms with Crippen molar-refractivity contribution in [2.24, 2.45) is 0 Å². The van der Waals surface area contributed by atoms with E-state index < -0.39 is 10.0 Å². The van der Waals surface area contributed by atoms with Gasteiger partial charge in [-0.3, -0.25) is 4.79 Å². The van der Waals surface area contributed by atoms with Crippen molar-refractivity contribution in [2.75, 3.05) is 33.6 Å². The number of aromatic nitrogens is 2. The van der Waals surface area contributed by atoms with E-state index in [0.29, 0.717) is 35.7 Å². The van der Waals surface area contributed by atoms with Crippen molar-refractivity contribution in [3.63, 3.8) is 0 Å². The van der Waals surface area contributed by atoms with E-state index in [0.717, 1.165) is 11.3 Å². The first-order chi connectivity index (χ1) is 15.2. The molecule has 172 valence electrons. The molecule has 0 aliphatic carbocycles. The van der Waals surface area contributed by atoms with Crippen molar-refractivity contribution in [3.05, 3.63) is 42.2 Å². The number of benzene rings is 2. The Morgan fingerprint density at radius 1 is 1.12 bits per heavy atom. The number of nitrogens with one attached hydrogen (secondary N) is 1. The van der Waals surface area contributed by atoms with E-state index in [-0.39, 0.29) is 17.2 Å². The third-order valence-electron chi connectivity index (χ3n) is 5.15. The van der Waals surface area contributed by atoms with Crippen molar-refractivity contribution in [1.29, 1.82) is 0 Å². The maximum Gasteiger partial charge on any atom is 0.242 e. The zero-order valence-corrected chi connectivity index (χ0v) is 19.7. The molecule has 0 aliphatic rings. The van der Waals surface area contributed by atoms with Crippen LogP contribution < -0.4 is 14.8 Å². The van der Waals surface area contributed by atoms with Gasteiger partial charge in [0, 0.05) is 39.5 Å². The molecule has 0 saturated heterocycles. The first kappa shape index (κ1) is 23.6. The Balaban J connectivity index is 1.79. The zero-order chi connectivity index (χ0) is 23.5. The first-order valence-electron chi connectivity index (χ1n) is 10.1. The van der Waals surface area contributed by atoms with Gasteiger partial charge in [-0.2, -0.15) is 0 Å². The standard InChI is InChI=1S/C22H28N4O5S/c1-6-26-19-10-8-16(32(28,29)25(2)3)14-18(19)23-21(26)11-12-22(27)24-17-9-7-15(30-4)13-20(17)31-5/h7-10,13-14H,6,11-12H2,1-5H3,(H,24,27). The lowest BCUT2D eigenvalue weighted by Crippen LogP contribution is -2.22. The van der Waals surface area contributed by atoms with Gasteiger partial charge in [0.05, 0.1) is 35.8 Å². The molecular weight excluding hydrogens is 432 g/mol. The van der Waals surface area contributed by atoms with Gasteiger partial charge in [0.2, 0.25) is 15.9 Å². The summed E-state index contributed by atoms with van der Waals surface area (Å²) in [5.74, 6) is 1.68. The quantitative estimate of drug-likeness (QED) is 0.527. The molecule has 2 aromatic carbocycles. The van der Waals surface area contributed by atoms with Gasteiger partial charge in [-0.05, 0) is 37.3 Å². The van der Waals surface area contributed by atoms with Crippen LogP contribution in [0, 0.1) is 0 Å². The van der Waals surface area contributed by atoms with Gasteiger partial charge in [-0.1, -0.05) is 0 Å². The summed E-state index contributed by atoms with van der Waals surface area (Å²) in [6.07, 6.45) is 0.615. The third-order valence-corrected chi connectivity index (χ3v) is 6.96. The average molecular weight is 461 g/mol. The van der Waals surface area contributed by atoms with Crippen LogP contribution in [0.4, 0.5) is 5.69 Å². The van der Waals surface area contributed by atoms with E-state index in [1.165, 1.54) is 25.5 Å². The van der Waals surface area contributed by atoms with Crippen LogP contribution in [0.2, 0.25) is 0 Å². The van der Waals surface area contributed by atoms with Gasteiger partial charge >= 0.3 is 0 Å². The number of nitrogens with zero attached hydrogens (tertiary/aromatic N) is 3. The number of ether oxygens (including phenoxy) is 2. The topological polar surface area (TPSA) is 103 Å². The number of carbonyl (C=O) groups excluding carboxylic acids is 1. The number of imidazole rings is 1. The van der Waals surface area contributed by atoms with E-state index >= 15 is 0 Å². The van der Waals surface area contributed by atoms with Crippen molar-refractivity contribution >= 4 is 32.7 Å². The molecule has 1 amide bonds. The monoisotopic (exact) mass is 460 g/mol. The molecule has 0 radical (unpaired) electrons. The molecule has 3 aromatic rings. The smallest absolute Gasteiger partial charge is 0.242 e. The summed E-state index contributed by atoms with van der Waals surface area (Å²) < 4.78 is 38.5. The van der Waals surface area contributed by atoms with Crippen LogP contribution in [0.1, 0.15) is 19.2 Å². The SMILES string of the molecule is CCn1c(CCC(=O)Nc2ccc(OC)cc2OC)nc2cc(S(=O)(=O)N(C)C)ccc21. The summed E-state index contributed by atoms with van der Waals surface area (Å²) in [5, 5.41) is 2.85. The Bertz CT molecular complexity index is 1230. The van der Waals surface area contributed by atoms with Gasteiger partial charge in [0.25, 0.3) is 0 Å². The maximum absolute atomic E-state index is 12.6. The summed E-state index contributed by atoms with van der Waals surface area (Å²) >= 11 is 0. The van der Waals surface area contributed by atoms with Crippen LogP contribution in [0.3, 0.4) is 0 Å². The van der Waals surface area contributed by atoms with Crippen LogP contribution in [0.5, 0.6) is 11.5 Å². The van der Waals surface area contributed by atoms with Crippen LogP contribution in [0.15, 0.2) is 41.3 Å². The second-order valence-electron chi connectivity index (χ2n) is 7.32. The molecule has 32 heavy (non-hydrogen) atoms. The lowest BCUT2D eigenvalue weighted by molar-refractivity contribution is -0.116. The Morgan fingerprint density at radius 3 is 2.50 bits per heavy atom. The number of fused-ring (bicyclic) bond motifs is 1. The van der Waals surface area contributed by atoms with Gasteiger partial charge < -0.3 is 19.4 Å². The van der Waals surface area contributed by atoms with Crippen LogP contribution >= 0.6 is 0 Å². The third kappa shape index (κ3) is 4.71. The van der Waals surface area contributed by atoms with Crippen molar-refractivity contribution < 1.29 is 22.7 Å². The van der Waals surface area contributed by atoms with E-state index in [1.54, 1.807) is 43.5 Å². The summed E-state index contributed by atoms with van der Waals surface area (Å²) in [5.41, 5.74) is 1.97. The molecule has 0 spiro atoms. The van der Waals surface area contributed by atoms with E-state index in [9.17, 15) is 13.2 Å². The second kappa shape index (κ2) is 9.58. The van der Waals surface area contributed by atoms with E-state index in [1.807, 2.05) is 11.5 Å². The summed E-state index contributed by atoms with van der Waals surface area (Å²) in [6, 6.07) is 10.1. The average Bonchev–Trinajstić information content (AvgIpc) is 3.14. The highest BCUT2D eigenvalue weighted by Gasteiger charge is 2.20. The molecular formula is C22H28N4O5S. The minimum atomic E-state index is -3.55. The Labute approximate surface area is 188 Å². The molecule has 1 N–H and O–H groups in total. The van der Waals surface area contributed by atoms with Crippen LogP contribution in [-0.2, 0) is 27.8 Å². The van der Waals surface area contributed by atoms with Gasteiger partial charge in [0.15, 0.2) is 0 Å². The molecule has 9 nitrogen and oxygen atoms in total. The number of methoxy groups -OCH3 is 2. The molecule has 1 heterocycles. The maximum atomic E-state index is 12.6. The van der Waals surface area contributed by atoms with Gasteiger partial charge in [-0.15, -0.1) is 0 Å². The summed E-state index contributed by atoms with van der Waals surface area (Å²) in [4.78, 5) is 17.4. The number of hydrogen-bond donors (Lipinski definition) is 1. The second-order valence-corrected chi connectivity index (χ2v) is 9.48. The molecule has 0 atom stereocenters. The normalized spacial score (nSPS) is 11.7. The largest absolute Gasteiger partial charge is 0.497 e. The molecule has 0 saturated carbocycles. The summed E-state index contributed by atoms with van der Waals surface area (Å²) in [7, 11) is 2.52. The van der Waals surface area contributed by atoms with Crippen molar-refractivity contribution in [3.8, 4) is 11.5 Å². The number of sulfonamides is 1. The van der Waals surface area contributed by atoms with E-state index in [4.69, 9.17) is 9.47 Å². The molecule has 10 heteroatoms. The summed E-state index contributed by atoms with van der Waals surface area (Å²) in [6.45, 7) is 2.64. The van der Waals surface area contributed by atoms with Crippen LogP contribution in [0.25, 0.3) is 11.0 Å². The minimum Gasteiger partial charge on any atom is -0.497 e. The fourth-order valence-corrected chi connectivity index (χ4v) is 4.34. The number of amides is 1. The van der Waals surface area contributed by atoms with Crippen molar-refractivity contribution in [1.82, 2.24) is 13.9 Å². The number of carbonyl (C=O) groups is 1. The zero-order valence-electron chi connectivity index (χ0n) is 18.9. The molecule has 0 unspecified atom stereocenters. The highest BCUT2D eigenvalue weighted by atomic mass is 32.2. The fraction of sp³-hybridized carbons (Fsp3) is 0.364. The van der Waals surface area contributed by atoms with Gasteiger partial charge in [0.1, 0.15) is 17.3 Å². The number of aryl methyl sites for hydroxylation is 2. The highest BCUT2D eigenvalue weighted by Crippen LogP contribution is 2.29. The first-order valence-corrected chi connectivity index (χ1v) is 11.6. The van der Waals surface area contributed by atoms with Crippen molar-refractivity contribution in [2.45, 2.75) is 31.2 Å². The molecule has 3 rings (SSSR count). The van der Waals surface area contributed by atoms with Gasteiger partial charge in [-0.25, -0.2) is 17.7 Å². The van der Waals surface area contributed by atoms with E-state index in [2.05, 4.69) is 10.3 Å². The molecule has 1 aromatic heterocycles. The fourth-order valence-electron chi connectivity index (χ4n) is 3.41. The minimum absolute atomic E-state index is 0.181. The Kier molecular flexibility index (Phi) is 7.05. The number of anilines is 1. The van der Waals surface area contributed by atoms with Crippen LogP contribution in [-0.4, -0.2) is 56.5 Å². The highest BCUT2D eigenvalue weighted by molar-refractivity contribution is 7.89. The molecule has 0 fully saturated rings. The lowest BCUT2D eigenvalue weighted by atomic mass is 10.2. The molecule has 0 bridgehead atoms. The lowest BCUT2D eigenvalue weighted by Gasteiger charge is -2.12.